The Morgan fingerprint density at radius 3 is 2.12 bits per heavy atom. The molecular formula is C25H27ClN2O3S. The molecule has 3 aromatic carbocycles. The molecule has 0 atom stereocenters. The second-order valence-electron chi connectivity index (χ2n) is 8.04. The van der Waals surface area contributed by atoms with Crippen LogP contribution in [0.4, 0.5) is 5.69 Å². The predicted molar refractivity (Wildman–Crippen MR) is 130 cm³/mol. The summed E-state index contributed by atoms with van der Waals surface area (Å²) in [4.78, 5) is 13.1. The third-order valence-corrected chi connectivity index (χ3v) is 7.21. The highest BCUT2D eigenvalue weighted by molar-refractivity contribution is 7.89. The zero-order valence-corrected chi connectivity index (χ0v) is 20.2. The highest BCUT2D eigenvalue weighted by atomic mass is 35.5. The molecule has 7 heteroatoms. The van der Waals surface area contributed by atoms with Crippen LogP contribution in [0.2, 0.25) is 5.02 Å². The molecule has 0 saturated carbocycles. The van der Waals surface area contributed by atoms with Gasteiger partial charge in [-0.3, -0.25) is 4.79 Å². The molecule has 1 N–H and O–H groups in total. The number of anilines is 1. The first-order chi connectivity index (χ1) is 15.1. The van der Waals surface area contributed by atoms with Crippen molar-refractivity contribution in [2.45, 2.75) is 39.1 Å². The number of amides is 1. The van der Waals surface area contributed by atoms with Crippen molar-refractivity contribution >= 4 is 33.2 Å². The van der Waals surface area contributed by atoms with E-state index < -0.39 is 15.9 Å². The average Bonchev–Trinajstić information content (AvgIpc) is 2.70. The Morgan fingerprint density at radius 2 is 1.53 bits per heavy atom. The van der Waals surface area contributed by atoms with E-state index in [0.29, 0.717) is 10.7 Å². The van der Waals surface area contributed by atoms with Crippen LogP contribution >= 0.6 is 11.6 Å². The number of carbonyl (C=O) groups excluding carboxylic acids is 1. The lowest BCUT2D eigenvalue weighted by Crippen LogP contribution is -2.37. The van der Waals surface area contributed by atoms with Gasteiger partial charge in [-0.15, -0.1) is 0 Å². The van der Waals surface area contributed by atoms with Crippen LogP contribution in [0.3, 0.4) is 0 Å². The largest absolute Gasteiger partial charge is 0.324 e. The summed E-state index contributed by atoms with van der Waals surface area (Å²) in [7, 11) is -3.93. The minimum atomic E-state index is -3.93. The predicted octanol–water partition coefficient (Wildman–Crippen LogP) is 5.40. The van der Waals surface area contributed by atoms with Gasteiger partial charge in [0.1, 0.15) is 0 Å². The summed E-state index contributed by atoms with van der Waals surface area (Å²) in [6, 6.07) is 17.5. The Hall–Kier alpha value is -2.67. The maximum atomic E-state index is 13.4. The van der Waals surface area contributed by atoms with Gasteiger partial charge in [0.2, 0.25) is 15.9 Å². The molecule has 0 heterocycles. The highest BCUT2D eigenvalue weighted by Gasteiger charge is 2.27. The van der Waals surface area contributed by atoms with E-state index in [2.05, 4.69) is 5.32 Å². The Bertz CT molecular complexity index is 1220. The molecule has 0 bridgehead atoms. The fourth-order valence-corrected chi connectivity index (χ4v) is 5.22. The lowest BCUT2D eigenvalue weighted by Gasteiger charge is -2.23. The summed E-state index contributed by atoms with van der Waals surface area (Å²) in [6.07, 6.45) is 0. The van der Waals surface area contributed by atoms with Crippen molar-refractivity contribution in [2.24, 2.45) is 0 Å². The van der Waals surface area contributed by atoms with Gasteiger partial charge in [-0.05, 0) is 68.7 Å². The number of hydrogen-bond acceptors (Lipinski definition) is 3. The average molecular weight is 471 g/mol. The van der Waals surface area contributed by atoms with Crippen LogP contribution in [-0.2, 0) is 21.4 Å². The van der Waals surface area contributed by atoms with Gasteiger partial charge in [0.05, 0.1) is 11.4 Å². The quantitative estimate of drug-likeness (QED) is 0.502. The highest BCUT2D eigenvalue weighted by Crippen LogP contribution is 2.24. The molecule has 5 nitrogen and oxygen atoms in total. The van der Waals surface area contributed by atoms with Crippen molar-refractivity contribution in [3.63, 3.8) is 0 Å². The van der Waals surface area contributed by atoms with E-state index in [9.17, 15) is 13.2 Å². The SMILES string of the molecule is Cc1cccc(CN(CC(=O)Nc2c(C)cc(C)cc2C)S(=O)(=O)c2ccc(Cl)cc2)c1. The van der Waals surface area contributed by atoms with Crippen LogP contribution in [0.1, 0.15) is 27.8 Å². The normalized spacial score (nSPS) is 11.6. The van der Waals surface area contributed by atoms with E-state index in [1.165, 1.54) is 28.6 Å². The molecule has 0 aliphatic heterocycles. The van der Waals surface area contributed by atoms with Gasteiger partial charge in [-0.1, -0.05) is 59.1 Å². The van der Waals surface area contributed by atoms with E-state index in [-0.39, 0.29) is 18.0 Å². The topological polar surface area (TPSA) is 66.5 Å². The van der Waals surface area contributed by atoms with E-state index in [4.69, 9.17) is 11.6 Å². The van der Waals surface area contributed by atoms with Gasteiger partial charge in [0, 0.05) is 17.3 Å². The molecule has 3 aromatic rings. The maximum absolute atomic E-state index is 13.4. The lowest BCUT2D eigenvalue weighted by molar-refractivity contribution is -0.116. The number of carbonyl (C=O) groups is 1. The van der Waals surface area contributed by atoms with E-state index in [1.54, 1.807) is 0 Å². The van der Waals surface area contributed by atoms with E-state index in [1.807, 2.05) is 64.1 Å². The van der Waals surface area contributed by atoms with Gasteiger partial charge in [-0.2, -0.15) is 4.31 Å². The van der Waals surface area contributed by atoms with Crippen LogP contribution in [0.25, 0.3) is 0 Å². The van der Waals surface area contributed by atoms with Gasteiger partial charge >= 0.3 is 0 Å². The standard InChI is InChI=1S/C25H27ClN2O3S/c1-17-6-5-7-21(14-17)15-28(32(30,31)23-10-8-22(26)9-11-23)16-24(29)27-25-19(3)12-18(2)13-20(25)4/h5-14H,15-16H2,1-4H3,(H,27,29). The Kier molecular flexibility index (Phi) is 7.39. The molecule has 1 amide bonds. The molecule has 0 unspecified atom stereocenters. The summed E-state index contributed by atoms with van der Waals surface area (Å²) in [6.45, 7) is 7.54. The molecule has 0 aromatic heterocycles. The smallest absolute Gasteiger partial charge is 0.243 e. The number of benzene rings is 3. The summed E-state index contributed by atoms with van der Waals surface area (Å²) < 4.78 is 28.0. The number of aryl methyl sites for hydroxylation is 4. The van der Waals surface area contributed by atoms with Crippen LogP contribution in [0.15, 0.2) is 65.6 Å². The van der Waals surface area contributed by atoms with Crippen LogP contribution in [-0.4, -0.2) is 25.2 Å². The van der Waals surface area contributed by atoms with Crippen molar-refractivity contribution < 1.29 is 13.2 Å². The van der Waals surface area contributed by atoms with Gasteiger partial charge in [0.15, 0.2) is 0 Å². The lowest BCUT2D eigenvalue weighted by atomic mass is 10.1. The van der Waals surface area contributed by atoms with Crippen LogP contribution in [0.5, 0.6) is 0 Å². The summed E-state index contributed by atoms with van der Waals surface area (Å²) >= 11 is 5.93. The maximum Gasteiger partial charge on any atom is 0.243 e. The first-order valence-corrected chi connectivity index (χ1v) is 12.1. The number of halogens is 1. The third kappa shape index (κ3) is 5.76. The Labute approximate surface area is 195 Å². The van der Waals surface area contributed by atoms with Crippen molar-refractivity contribution in [1.82, 2.24) is 4.31 Å². The molecule has 0 aliphatic rings. The van der Waals surface area contributed by atoms with Crippen molar-refractivity contribution in [1.29, 1.82) is 0 Å². The molecule has 32 heavy (non-hydrogen) atoms. The summed E-state index contributed by atoms with van der Waals surface area (Å²) in [5.41, 5.74) is 5.49. The Morgan fingerprint density at radius 1 is 0.906 bits per heavy atom. The van der Waals surface area contributed by atoms with E-state index >= 15 is 0 Å². The van der Waals surface area contributed by atoms with Crippen molar-refractivity contribution in [2.75, 3.05) is 11.9 Å². The molecule has 0 fully saturated rings. The third-order valence-electron chi connectivity index (χ3n) is 5.15. The molecular weight excluding hydrogens is 444 g/mol. The van der Waals surface area contributed by atoms with Gasteiger partial charge in [-0.25, -0.2) is 8.42 Å². The minimum absolute atomic E-state index is 0.0753. The zero-order chi connectivity index (χ0) is 23.5. The minimum Gasteiger partial charge on any atom is -0.324 e. The molecule has 0 spiro atoms. The number of nitrogens with one attached hydrogen (secondary N) is 1. The van der Waals surface area contributed by atoms with Crippen LogP contribution < -0.4 is 5.32 Å². The molecule has 168 valence electrons. The summed E-state index contributed by atoms with van der Waals surface area (Å²) in [5, 5.41) is 3.34. The second-order valence-corrected chi connectivity index (χ2v) is 10.4. The Balaban J connectivity index is 1.91. The monoisotopic (exact) mass is 470 g/mol. The molecule has 0 aliphatic carbocycles. The number of nitrogens with zero attached hydrogens (tertiary/aromatic N) is 1. The molecule has 0 radical (unpaired) electrons. The van der Waals surface area contributed by atoms with E-state index in [0.717, 1.165) is 27.8 Å². The van der Waals surface area contributed by atoms with Gasteiger partial charge < -0.3 is 5.32 Å². The second kappa shape index (κ2) is 9.86. The number of rotatable bonds is 7. The molecule has 0 saturated heterocycles. The number of sulfonamides is 1. The van der Waals surface area contributed by atoms with Crippen molar-refractivity contribution in [3.8, 4) is 0 Å². The molecule has 3 rings (SSSR count). The van der Waals surface area contributed by atoms with Crippen molar-refractivity contribution in [3.05, 3.63) is 93.5 Å². The first kappa shape index (κ1) is 24.0. The summed E-state index contributed by atoms with van der Waals surface area (Å²) in [5.74, 6) is -0.398. The fourth-order valence-electron chi connectivity index (χ4n) is 3.71. The first-order valence-electron chi connectivity index (χ1n) is 10.3. The van der Waals surface area contributed by atoms with Crippen LogP contribution in [0, 0.1) is 27.7 Å². The van der Waals surface area contributed by atoms with Gasteiger partial charge in [0.25, 0.3) is 0 Å². The zero-order valence-electron chi connectivity index (χ0n) is 18.6. The fraction of sp³-hybridized carbons (Fsp3) is 0.240. The number of hydrogen-bond donors (Lipinski definition) is 1.